The molecule has 0 radical (unpaired) electrons. The summed E-state index contributed by atoms with van der Waals surface area (Å²) in [7, 11) is 1.78. The van der Waals surface area contributed by atoms with Crippen molar-refractivity contribution in [2.75, 3.05) is 5.32 Å². The zero-order valence-corrected chi connectivity index (χ0v) is 11.9. The van der Waals surface area contributed by atoms with E-state index in [1.54, 1.807) is 11.7 Å². The Bertz CT molecular complexity index is 764. The number of nitro benzene ring substituents is 1. The van der Waals surface area contributed by atoms with Crippen molar-refractivity contribution >= 4 is 23.1 Å². The molecule has 1 aromatic heterocycles. The number of anilines is 2. The average Bonchev–Trinajstić information content (AvgIpc) is 3.24. The topological polar surface area (TPSA) is 116 Å². The molecule has 1 aliphatic rings. The molecule has 3 N–H and O–H groups in total. The summed E-state index contributed by atoms with van der Waals surface area (Å²) in [4.78, 5) is 21.8. The Morgan fingerprint density at radius 3 is 2.77 bits per heavy atom. The Hall–Kier alpha value is -2.90. The summed E-state index contributed by atoms with van der Waals surface area (Å²) in [5.74, 6) is 0.456. The van der Waals surface area contributed by atoms with E-state index in [9.17, 15) is 14.9 Å². The quantitative estimate of drug-likeness (QED) is 0.647. The van der Waals surface area contributed by atoms with Gasteiger partial charge in [0.25, 0.3) is 5.69 Å². The molecule has 1 saturated carbocycles. The van der Waals surface area contributed by atoms with Gasteiger partial charge in [0, 0.05) is 30.7 Å². The Balaban J connectivity index is 1.94. The number of rotatable bonds is 5. The van der Waals surface area contributed by atoms with Gasteiger partial charge < -0.3 is 11.1 Å². The number of hydrogen-bond acceptors (Lipinski definition) is 5. The summed E-state index contributed by atoms with van der Waals surface area (Å²) in [5, 5.41) is 18.6. The van der Waals surface area contributed by atoms with Crippen molar-refractivity contribution < 1.29 is 9.72 Å². The lowest BCUT2D eigenvalue weighted by Gasteiger charge is -2.07. The van der Waals surface area contributed by atoms with Gasteiger partial charge in [-0.1, -0.05) is 0 Å². The minimum absolute atomic E-state index is 0.0981. The highest BCUT2D eigenvalue weighted by Crippen LogP contribution is 2.40. The molecule has 3 rings (SSSR count). The molecule has 1 amide bonds. The van der Waals surface area contributed by atoms with Gasteiger partial charge in [0.05, 0.1) is 10.6 Å². The minimum atomic E-state index is -0.703. The molecule has 8 nitrogen and oxygen atoms in total. The fourth-order valence-electron chi connectivity index (χ4n) is 2.26. The second kappa shape index (κ2) is 5.14. The Kier molecular flexibility index (Phi) is 3.28. The first kappa shape index (κ1) is 14.1. The van der Waals surface area contributed by atoms with Crippen LogP contribution in [0.25, 0.3) is 0 Å². The van der Waals surface area contributed by atoms with E-state index in [-0.39, 0.29) is 11.3 Å². The lowest BCUT2D eigenvalue weighted by molar-refractivity contribution is -0.383. The number of benzene rings is 1. The van der Waals surface area contributed by atoms with Crippen LogP contribution in [0, 0.1) is 10.1 Å². The van der Waals surface area contributed by atoms with Gasteiger partial charge in [-0.15, -0.1) is 0 Å². The molecule has 0 saturated heterocycles. The van der Waals surface area contributed by atoms with Gasteiger partial charge >= 0.3 is 0 Å². The third-order valence-corrected chi connectivity index (χ3v) is 3.64. The monoisotopic (exact) mass is 301 g/mol. The van der Waals surface area contributed by atoms with Crippen molar-refractivity contribution in [3.8, 4) is 0 Å². The molecular weight excluding hydrogens is 286 g/mol. The Morgan fingerprint density at radius 1 is 1.45 bits per heavy atom. The van der Waals surface area contributed by atoms with E-state index in [1.165, 1.54) is 18.2 Å². The molecule has 0 bridgehead atoms. The number of nitrogens with one attached hydrogen (secondary N) is 1. The molecule has 1 aromatic carbocycles. The number of nitrogens with two attached hydrogens (primary N) is 1. The standard InChI is InChI=1S/C14H15N5O3/c1-18-13(7-11(17-18)8-2-3-8)16-10-5-4-9(14(15)20)6-12(10)19(21)22/h4-8,16H,2-3H2,1H3,(H2,15,20). The first-order valence-electron chi connectivity index (χ1n) is 6.85. The lowest BCUT2D eigenvalue weighted by Crippen LogP contribution is -2.11. The number of hydrogen-bond donors (Lipinski definition) is 2. The number of carbonyl (C=O) groups excluding carboxylic acids is 1. The molecule has 0 spiro atoms. The summed E-state index contributed by atoms with van der Waals surface area (Å²) in [5.41, 5.74) is 6.33. The molecule has 1 aliphatic carbocycles. The first-order chi connectivity index (χ1) is 10.5. The largest absolute Gasteiger partial charge is 0.366 e. The fraction of sp³-hybridized carbons (Fsp3) is 0.286. The van der Waals surface area contributed by atoms with Gasteiger partial charge in [0.15, 0.2) is 0 Å². The van der Waals surface area contributed by atoms with Crippen molar-refractivity contribution in [1.29, 1.82) is 0 Å². The number of amides is 1. The van der Waals surface area contributed by atoms with Crippen LogP contribution in [0.3, 0.4) is 0 Å². The minimum Gasteiger partial charge on any atom is -0.366 e. The first-order valence-corrected chi connectivity index (χ1v) is 6.85. The fourth-order valence-corrected chi connectivity index (χ4v) is 2.26. The maximum atomic E-state index is 11.2. The highest BCUT2D eigenvalue weighted by Gasteiger charge is 2.27. The summed E-state index contributed by atoms with van der Waals surface area (Å²) in [6, 6.07) is 5.99. The van der Waals surface area contributed by atoms with Gasteiger partial charge in [-0.2, -0.15) is 5.10 Å². The molecule has 0 aliphatic heterocycles. The number of primary amides is 1. The normalized spacial score (nSPS) is 13.9. The summed E-state index contributed by atoms with van der Waals surface area (Å²) in [6.07, 6.45) is 2.26. The molecule has 1 fully saturated rings. The molecule has 114 valence electrons. The van der Waals surface area contributed by atoms with E-state index < -0.39 is 10.8 Å². The van der Waals surface area contributed by atoms with Crippen molar-refractivity contribution in [3.05, 3.63) is 45.6 Å². The van der Waals surface area contributed by atoms with E-state index in [0.29, 0.717) is 17.4 Å². The van der Waals surface area contributed by atoms with Gasteiger partial charge in [-0.3, -0.25) is 19.6 Å². The predicted molar refractivity (Wildman–Crippen MR) is 80.1 cm³/mol. The summed E-state index contributed by atoms with van der Waals surface area (Å²) < 4.78 is 1.65. The average molecular weight is 301 g/mol. The number of aromatic nitrogens is 2. The molecule has 22 heavy (non-hydrogen) atoms. The van der Waals surface area contributed by atoms with E-state index in [1.807, 2.05) is 6.07 Å². The van der Waals surface area contributed by atoms with Crippen molar-refractivity contribution in [2.45, 2.75) is 18.8 Å². The zero-order valence-electron chi connectivity index (χ0n) is 11.9. The molecule has 0 unspecified atom stereocenters. The number of nitrogens with zero attached hydrogens (tertiary/aromatic N) is 3. The van der Waals surface area contributed by atoms with E-state index in [0.717, 1.165) is 18.5 Å². The van der Waals surface area contributed by atoms with Gasteiger partial charge in [0.1, 0.15) is 11.5 Å². The Morgan fingerprint density at radius 2 is 2.18 bits per heavy atom. The van der Waals surface area contributed by atoms with Crippen molar-refractivity contribution in [3.63, 3.8) is 0 Å². The second-order valence-electron chi connectivity index (χ2n) is 5.33. The van der Waals surface area contributed by atoms with Crippen LogP contribution in [0.1, 0.15) is 34.8 Å². The highest BCUT2D eigenvalue weighted by atomic mass is 16.6. The van der Waals surface area contributed by atoms with Crippen LogP contribution in [0.2, 0.25) is 0 Å². The van der Waals surface area contributed by atoms with Crippen molar-refractivity contribution in [1.82, 2.24) is 9.78 Å². The Labute approximate surface area is 126 Å². The molecule has 0 atom stereocenters. The molecule has 2 aromatic rings. The lowest BCUT2D eigenvalue weighted by atomic mass is 10.1. The van der Waals surface area contributed by atoms with Crippen LogP contribution in [0.4, 0.5) is 17.2 Å². The molecular formula is C14H15N5O3. The maximum absolute atomic E-state index is 11.2. The summed E-state index contributed by atoms with van der Waals surface area (Å²) in [6.45, 7) is 0. The molecule has 8 heteroatoms. The maximum Gasteiger partial charge on any atom is 0.293 e. The zero-order chi connectivity index (χ0) is 15.9. The van der Waals surface area contributed by atoms with Gasteiger partial charge in [0.2, 0.25) is 5.91 Å². The number of nitro groups is 1. The van der Waals surface area contributed by atoms with Crippen LogP contribution in [-0.2, 0) is 7.05 Å². The number of carbonyl (C=O) groups is 1. The van der Waals surface area contributed by atoms with Crippen LogP contribution in [0.5, 0.6) is 0 Å². The molecule has 1 heterocycles. The second-order valence-corrected chi connectivity index (χ2v) is 5.33. The van der Waals surface area contributed by atoms with Crippen LogP contribution in [0.15, 0.2) is 24.3 Å². The van der Waals surface area contributed by atoms with Crippen LogP contribution < -0.4 is 11.1 Å². The van der Waals surface area contributed by atoms with E-state index in [4.69, 9.17) is 5.73 Å². The third-order valence-electron chi connectivity index (χ3n) is 3.64. The van der Waals surface area contributed by atoms with Crippen LogP contribution >= 0.6 is 0 Å². The van der Waals surface area contributed by atoms with Gasteiger partial charge in [-0.25, -0.2) is 0 Å². The van der Waals surface area contributed by atoms with E-state index >= 15 is 0 Å². The van der Waals surface area contributed by atoms with Crippen molar-refractivity contribution in [2.24, 2.45) is 12.8 Å². The third kappa shape index (κ3) is 2.62. The van der Waals surface area contributed by atoms with Crippen LogP contribution in [-0.4, -0.2) is 20.6 Å². The van der Waals surface area contributed by atoms with Gasteiger partial charge in [-0.05, 0) is 25.0 Å². The highest BCUT2D eigenvalue weighted by molar-refractivity contribution is 5.94. The number of aryl methyl sites for hydroxylation is 1. The smallest absolute Gasteiger partial charge is 0.293 e. The summed E-state index contributed by atoms with van der Waals surface area (Å²) >= 11 is 0. The predicted octanol–water partition coefficient (Wildman–Crippen LogP) is 2.05. The van der Waals surface area contributed by atoms with E-state index in [2.05, 4.69) is 10.4 Å². The SMILES string of the molecule is Cn1nc(C2CC2)cc1Nc1ccc(C(N)=O)cc1[N+](=O)[O-].